The van der Waals surface area contributed by atoms with Crippen molar-refractivity contribution in [2.75, 3.05) is 26.2 Å². The zero-order valence-corrected chi connectivity index (χ0v) is 16.4. The molecule has 7 nitrogen and oxygen atoms in total. The predicted octanol–water partition coefficient (Wildman–Crippen LogP) is 0.899. The lowest BCUT2D eigenvalue weighted by atomic mass is 10.0. The Morgan fingerprint density at radius 3 is 2.79 bits per heavy atom. The zero-order chi connectivity index (χ0) is 20.4. The molecule has 3 aliphatic rings. The summed E-state index contributed by atoms with van der Waals surface area (Å²) in [7, 11) is 0. The third-order valence-electron chi connectivity index (χ3n) is 6.20. The summed E-state index contributed by atoms with van der Waals surface area (Å²) in [5.41, 5.74) is 0.270. The molecule has 0 radical (unpaired) electrons. The molecule has 4 rings (SSSR count). The van der Waals surface area contributed by atoms with Crippen LogP contribution in [0.15, 0.2) is 24.3 Å². The van der Waals surface area contributed by atoms with Crippen molar-refractivity contribution in [1.29, 1.82) is 0 Å². The number of halogens is 1. The summed E-state index contributed by atoms with van der Waals surface area (Å²) in [5.74, 6) is -0.639. The fourth-order valence-electron chi connectivity index (χ4n) is 4.66. The summed E-state index contributed by atoms with van der Waals surface area (Å²) in [6.45, 7) is 2.77. The van der Waals surface area contributed by atoms with Crippen LogP contribution in [0.2, 0.25) is 0 Å². The summed E-state index contributed by atoms with van der Waals surface area (Å²) in [6.07, 6.45) is 3.84. The number of carbonyl (C=O) groups is 3. The Labute approximate surface area is 169 Å². The summed E-state index contributed by atoms with van der Waals surface area (Å²) in [4.78, 5) is 41.2. The van der Waals surface area contributed by atoms with E-state index >= 15 is 0 Å². The van der Waals surface area contributed by atoms with Crippen LogP contribution in [0.25, 0.3) is 0 Å². The summed E-state index contributed by atoms with van der Waals surface area (Å²) in [5, 5.41) is 5.87. The highest BCUT2D eigenvalue weighted by molar-refractivity contribution is 5.94. The second kappa shape index (κ2) is 8.49. The number of piperazine rings is 1. The van der Waals surface area contributed by atoms with Gasteiger partial charge in [-0.1, -0.05) is 6.07 Å². The smallest absolute Gasteiger partial charge is 0.251 e. The molecule has 3 heterocycles. The number of fused-ring (bicyclic) bond motifs is 1. The lowest BCUT2D eigenvalue weighted by Gasteiger charge is -2.37. The molecule has 3 atom stereocenters. The molecule has 8 heteroatoms. The molecular formula is C21H27FN4O3. The van der Waals surface area contributed by atoms with Crippen LogP contribution in [-0.4, -0.2) is 71.8 Å². The van der Waals surface area contributed by atoms with E-state index < -0.39 is 5.82 Å². The minimum absolute atomic E-state index is 0.0328. The van der Waals surface area contributed by atoms with Gasteiger partial charge in [-0.25, -0.2) is 4.39 Å². The van der Waals surface area contributed by atoms with Crippen molar-refractivity contribution in [1.82, 2.24) is 20.4 Å². The molecule has 0 bridgehead atoms. The molecule has 2 N–H and O–H groups in total. The number of carbonyl (C=O) groups excluding carboxylic acids is 3. The molecule has 3 saturated heterocycles. The van der Waals surface area contributed by atoms with Gasteiger partial charge in [-0.15, -0.1) is 0 Å². The normalized spacial score (nSPS) is 26.9. The van der Waals surface area contributed by atoms with Gasteiger partial charge < -0.3 is 15.5 Å². The molecule has 0 spiro atoms. The van der Waals surface area contributed by atoms with Crippen LogP contribution in [0.5, 0.6) is 0 Å². The Balaban J connectivity index is 1.35. The summed E-state index contributed by atoms with van der Waals surface area (Å²) in [6, 6.07) is 5.18. The van der Waals surface area contributed by atoms with E-state index in [2.05, 4.69) is 15.5 Å². The molecule has 0 saturated carbocycles. The summed E-state index contributed by atoms with van der Waals surface area (Å²) >= 11 is 0. The quantitative estimate of drug-likeness (QED) is 0.767. The van der Waals surface area contributed by atoms with Crippen molar-refractivity contribution in [3.05, 3.63) is 35.6 Å². The van der Waals surface area contributed by atoms with Gasteiger partial charge in [-0.2, -0.15) is 0 Å². The van der Waals surface area contributed by atoms with Gasteiger partial charge in [0.05, 0.1) is 6.04 Å². The Morgan fingerprint density at radius 1 is 1.24 bits per heavy atom. The van der Waals surface area contributed by atoms with Gasteiger partial charge in [0.15, 0.2) is 0 Å². The van der Waals surface area contributed by atoms with Crippen LogP contribution >= 0.6 is 0 Å². The molecule has 156 valence electrons. The maximum Gasteiger partial charge on any atom is 0.251 e. The third-order valence-corrected chi connectivity index (χ3v) is 6.20. The highest BCUT2D eigenvalue weighted by Crippen LogP contribution is 2.26. The Hall–Kier alpha value is -2.48. The average Bonchev–Trinajstić information content (AvgIpc) is 3.38. The number of hydrogen-bond acceptors (Lipinski definition) is 4. The van der Waals surface area contributed by atoms with Gasteiger partial charge in [0.2, 0.25) is 11.8 Å². The number of nitrogens with zero attached hydrogens (tertiary/aromatic N) is 2. The van der Waals surface area contributed by atoms with Gasteiger partial charge >= 0.3 is 0 Å². The first kappa shape index (κ1) is 19.8. The fraction of sp³-hybridized carbons (Fsp3) is 0.571. The molecule has 1 aromatic carbocycles. The average molecular weight is 402 g/mol. The number of amides is 3. The SMILES string of the molecule is O=C(N[C@H]1C[C@H]2C(=O)NC[C@@H](CCC(=O)N3CCCC3)N2C1)c1cccc(F)c1. The van der Waals surface area contributed by atoms with E-state index in [1.54, 1.807) is 6.07 Å². The Bertz CT molecular complexity index is 796. The van der Waals surface area contributed by atoms with Crippen molar-refractivity contribution in [2.24, 2.45) is 0 Å². The van der Waals surface area contributed by atoms with Crippen molar-refractivity contribution in [2.45, 2.75) is 50.2 Å². The van der Waals surface area contributed by atoms with Crippen molar-refractivity contribution < 1.29 is 18.8 Å². The number of likely N-dealkylation sites (tertiary alicyclic amines) is 1. The van der Waals surface area contributed by atoms with E-state index in [1.807, 2.05) is 4.90 Å². The van der Waals surface area contributed by atoms with E-state index in [-0.39, 0.29) is 41.4 Å². The maximum absolute atomic E-state index is 13.4. The van der Waals surface area contributed by atoms with E-state index in [4.69, 9.17) is 0 Å². The molecule has 1 aromatic rings. The van der Waals surface area contributed by atoms with Crippen LogP contribution in [0.3, 0.4) is 0 Å². The predicted molar refractivity (Wildman–Crippen MR) is 105 cm³/mol. The number of nitrogens with one attached hydrogen (secondary N) is 2. The monoisotopic (exact) mass is 402 g/mol. The third kappa shape index (κ3) is 4.42. The molecule has 0 aliphatic carbocycles. The van der Waals surface area contributed by atoms with Gasteiger partial charge in [0.25, 0.3) is 5.91 Å². The lowest BCUT2D eigenvalue weighted by molar-refractivity contribution is -0.131. The largest absolute Gasteiger partial charge is 0.353 e. The molecule has 3 aliphatic heterocycles. The van der Waals surface area contributed by atoms with Gasteiger partial charge in [-0.3, -0.25) is 19.3 Å². The van der Waals surface area contributed by atoms with E-state index in [1.165, 1.54) is 18.2 Å². The highest BCUT2D eigenvalue weighted by Gasteiger charge is 2.43. The molecular weight excluding hydrogens is 375 g/mol. The van der Waals surface area contributed by atoms with Crippen LogP contribution in [-0.2, 0) is 9.59 Å². The van der Waals surface area contributed by atoms with Crippen LogP contribution < -0.4 is 10.6 Å². The first-order valence-electron chi connectivity index (χ1n) is 10.4. The molecule has 0 unspecified atom stereocenters. The lowest BCUT2D eigenvalue weighted by Crippen LogP contribution is -2.58. The first-order valence-corrected chi connectivity index (χ1v) is 10.4. The van der Waals surface area contributed by atoms with E-state index in [0.29, 0.717) is 32.4 Å². The molecule has 3 amide bonds. The first-order chi connectivity index (χ1) is 14.0. The second-order valence-corrected chi connectivity index (χ2v) is 8.15. The van der Waals surface area contributed by atoms with Gasteiger partial charge in [0.1, 0.15) is 5.82 Å². The van der Waals surface area contributed by atoms with Crippen molar-refractivity contribution >= 4 is 17.7 Å². The van der Waals surface area contributed by atoms with E-state index in [9.17, 15) is 18.8 Å². The fourth-order valence-corrected chi connectivity index (χ4v) is 4.66. The number of hydrogen-bond donors (Lipinski definition) is 2. The standard InChI is InChI=1S/C21H27FN4O3/c22-15-5-3-4-14(10-15)20(28)24-16-11-18-21(29)23-12-17(26(18)13-16)6-7-19(27)25-8-1-2-9-25/h3-5,10,16-18H,1-2,6-9,11-13H2,(H,23,29)(H,24,28)/t16-,17+,18-/m0/s1. The van der Waals surface area contributed by atoms with Crippen LogP contribution in [0.4, 0.5) is 4.39 Å². The van der Waals surface area contributed by atoms with Gasteiger partial charge in [0, 0.05) is 50.2 Å². The minimum atomic E-state index is -0.455. The van der Waals surface area contributed by atoms with Crippen LogP contribution in [0, 0.1) is 5.82 Å². The highest BCUT2D eigenvalue weighted by atomic mass is 19.1. The van der Waals surface area contributed by atoms with E-state index in [0.717, 1.165) is 25.9 Å². The van der Waals surface area contributed by atoms with Crippen molar-refractivity contribution in [3.63, 3.8) is 0 Å². The topological polar surface area (TPSA) is 81.8 Å². The van der Waals surface area contributed by atoms with Crippen LogP contribution in [0.1, 0.15) is 42.5 Å². The van der Waals surface area contributed by atoms with Crippen molar-refractivity contribution in [3.8, 4) is 0 Å². The molecule has 0 aromatic heterocycles. The number of benzene rings is 1. The minimum Gasteiger partial charge on any atom is -0.353 e. The number of rotatable bonds is 5. The van der Waals surface area contributed by atoms with Gasteiger partial charge in [-0.05, 0) is 43.9 Å². The molecule has 29 heavy (non-hydrogen) atoms. The second-order valence-electron chi connectivity index (χ2n) is 8.15. The zero-order valence-electron chi connectivity index (χ0n) is 16.4. The Morgan fingerprint density at radius 2 is 2.03 bits per heavy atom. The molecule has 3 fully saturated rings. The Kier molecular flexibility index (Phi) is 5.80. The maximum atomic E-state index is 13.4. The summed E-state index contributed by atoms with van der Waals surface area (Å²) < 4.78 is 13.4.